The fourth-order valence-corrected chi connectivity index (χ4v) is 4.32. The topological polar surface area (TPSA) is 82.7 Å². The summed E-state index contributed by atoms with van der Waals surface area (Å²) >= 11 is 0. The van der Waals surface area contributed by atoms with Gasteiger partial charge in [0.15, 0.2) is 5.58 Å². The molecule has 0 bridgehead atoms. The third-order valence-corrected chi connectivity index (χ3v) is 5.96. The molecule has 1 fully saturated rings. The molecule has 1 amide bonds. The van der Waals surface area contributed by atoms with Crippen LogP contribution in [-0.4, -0.2) is 58.3 Å². The largest absolute Gasteiger partial charge is 0.465 e. The first-order valence-corrected chi connectivity index (χ1v) is 10.5. The number of amides is 1. The van der Waals surface area contributed by atoms with Gasteiger partial charge in [-0.05, 0) is 75.0 Å². The number of nitrogens with zero attached hydrogens (tertiary/aromatic N) is 4. The number of hydrogen-bond acceptors (Lipinski definition) is 5. The van der Waals surface area contributed by atoms with Crippen LogP contribution in [0.1, 0.15) is 30.5 Å². The van der Waals surface area contributed by atoms with Crippen molar-refractivity contribution in [2.75, 3.05) is 27.2 Å². The first kappa shape index (κ1) is 20.3. The van der Waals surface area contributed by atoms with Gasteiger partial charge in [0, 0.05) is 43.0 Å². The van der Waals surface area contributed by atoms with Crippen LogP contribution in [0.5, 0.6) is 0 Å². The van der Waals surface area contributed by atoms with Crippen molar-refractivity contribution in [2.24, 2.45) is 5.92 Å². The Kier molecular flexibility index (Phi) is 5.99. The van der Waals surface area contributed by atoms with E-state index in [9.17, 15) is 4.79 Å². The summed E-state index contributed by atoms with van der Waals surface area (Å²) < 4.78 is 5.85. The Balaban J connectivity index is 1.55. The molecular formula is C23H28N4O3. The Bertz CT molecular complexity index is 1010. The van der Waals surface area contributed by atoms with E-state index in [0.29, 0.717) is 19.0 Å². The average Bonchev–Trinajstić information content (AvgIpc) is 3.16. The zero-order valence-electron chi connectivity index (χ0n) is 17.5. The minimum absolute atomic E-state index is 0.532. The highest BCUT2D eigenvalue weighted by Gasteiger charge is 2.23. The van der Waals surface area contributed by atoms with Gasteiger partial charge in [0.2, 0.25) is 0 Å². The monoisotopic (exact) mass is 408 g/mol. The first-order chi connectivity index (χ1) is 14.5. The maximum atomic E-state index is 11.1. The van der Waals surface area contributed by atoms with Crippen LogP contribution >= 0.6 is 0 Å². The van der Waals surface area contributed by atoms with Crippen molar-refractivity contribution in [3.8, 4) is 11.1 Å². The van der Waals surface area contributed by atoms with E-state index in [0.717, 1.165) is 65.6 Å². The van der Waals surface area contributed by atoms with Crippen LogP contribution in [0.3, 0.4) is 0 Å². The van der Waals surface area contributed by atoms with Crippen LogP contribution in [0.15, 0.2) is 41.2 Å². The van der Waals surface area contributed by atoms with E-state index >= 15 is 0 Å². The van der Waals surface area contributed by atoms with Crippen LogP contribution in [0.25, 0.3) is 22.1 Å². The Morgan fingerprint density at radius 3 is 2.60 bits per heavy atom. The molecule has 158 valence electrons. The number of piperidine rings is 1. The number of fused-ring (bicyclic) bond motifs is 1. The fourth-order valence-electron chi connectivity index (χ4n) is 4.32. The van der Waals surface area contributed by atoms with E-state index in [1.807, 2.05) is 12.1 Å². The van der Waals surface area contributed by atoms with Gasteiger partial charge in [-0.25, -0.2) is 4.79 Å². The lowest BCUT2D eigenvalue weighted by atomic mass is 9.91. The molecule has 0 unspecified atom stereocenters. The van der Waals surface area contributed by atoms with Gasteiger partial charge in [-0.15, -0.1) is 0 Å². The molecular weight excluding hydrogens is 380 g/mol. The molecule has 0 radical (unpaired) electrons. The average molecular weight is 409 g/mol. The van der Waals surface area contributed by atoms with Crippen molar-refractivity contribution >= 4 is 17.1 Å². The summed E-state index contributed by atoms with van der Waals surface area (Å²) in [5.41, 5.74) is 5.24. The first-order valence-electron chi connectivity index (χ1n) is 10.5. The smallest absolute Gasteiger partial charge is 0.407 e. The van der Waals surface area contributed by atoms with Gasteiger partial charge in [0.1, 0.15) is 0 Å². The highest BCUT2D eigenvalue weighted by molar-refractivity contribution is 5.89. The molecule has 0 atom stereocenters. The molecule has 3 aromatic rings. The molecule has 7 heteroatoms. The van der Waals surface area contributed by atoms with Crippen LogP contribution in [0, 0.1) is 5.92 Å². The Labute approximate surface area is 176 Å². The number of rotatable bonds is 6. The van der Waals surface area contributed by atoms with E-state index in [1.165, 1.54) is 4.90 Å². The molecule has 1 N–H and O–H groups in total. The summed E-state index contributed by atoms with van der Waals surface area (Å²) in [5.74, 6) is 0.532. The predicted molar refractivity (Wildman–Crippen MR) is 115 cm³/mol. The normalized spacial score (nSPS) is 15.2. The van der Waals surface area contributed by atoms with E-state index in [4.69, 9.17) is 9.63 Å². The fraction of sp³-hybridized carbons (Fsp3) is 0.435. The lowest BCUT2D eigenvalue weighted by molar-refractivity contribution is 0.123. The van der Waals surface area contributed by atoms with Crippen molar-refractivity contribution in [1.82, 2.24) is 19.9 Å². The number of aromatic nitrogens is 2. The van der Waals surface area contributed by atoms with Crippen LogP contribution < -0.4 is 0 Å². The molecule has 1 aliphatic rings. The summed E-state index contributed by atoms with van der Waals surface area (Å²) in [6.07, 6.45) is 6.49. The molecule has 0 saturated carbocycles. The Morgan fingerprint density at radius 1 is 1.20 bits per heavy atom. The molecule has 7 nitrogen and oxygen atoms in total. The van der Waals surface area contributed by atoms with Crippen LogP contribution in [0.4, 0.5) is 4.79 Å². The molecule has 0 aliphatic carbocycles. The van der Waals surface area contributed by atoms with E-state index < -0.39 is 6.09 Å². The number of hydrogen-bond donors (Lipinski definition) is 1. The quantitative estimate of drug-likeness (QED) is 0.656. The second-order valence-electron chi connectivity index (χ2n) is 8.32. The molecule has 1 aromatic carbocycles. The maximum Gasteiger partial charge on any atom is 0.407 e. The van der Waals surface area contributed by atoms with E-state index in [1.54, 1.807) is 12.4 Å². The summed E-state index contributed by atoms with van der Waals surface area (Å²) in [4.78, 5) is 18.9. The SMILES string of the molecule is CN(C)Cc1c(-c2ccncc2)ccc2c(CCC3CCN(C(=O)O)CC3)noc12. The Hall–Kier alpha value is -2.93. The predicted octanol–water partition coefficient (Wildman–Crippen LogP) is 4.27. The van der Waals surface area contributed by atoms with Gasteiger partial charge in [0.25, 0.3) is 0 Å². The summed E-state index contributed by atoms with van der Waals surface area (Å²) in [6, 6.07) is 8.30. The number of likely N-dealkylation sites (tertiary alicyclic amines) is 1. The lowest BCUT2D eigenvalue weighted by Gasteiger charge is -2.29. The third-order valence-electron chi connectivity index (χ3n) is 5.96. The second kappa shape index (κ2) is 8.83. The van der Waals surface area contributed by atoms with Gasteiger partial charge in [-0.1, -0.05) is 11.2 Å². The minimum Gasteiger partial charge on any atom is -0.465 e. The van der Waals surface area contributed by atoms with Crippen molar-refractivity contribution in [3.63, 3.8) is 0 Å². The van der Waals surface area contributed by atoms with Crippen molar-refractivity contribution in [3.05, 3.63) is 47.9 Å². The van der Waals surface area contributed by atoms with Crippen molar-refractivity contribution in [2.45, 2.75) is 32.2 Å². The molecule has 3 heterocycles. The van der Waals surface area contributed by atoms with Gasteiger partial charge in [-0.3, -0.25) is 4.98 Å². The number of aryl methyl sites for hydroxylation is 1. The lowest BCUT2D eigenvalue weighted by Crippen LogP contribution is -2.37. The number of carbonyl (C=O) groups is 1. The number of carboxylic acid groups (broad SMARTS) is 1. The summed E-state index contributed by atoms with van der Waals surface area (Å²) in [5, 5.41) is 14.6. The molecule has 1 aliphatic heterocycles. The van der Waals surface area contributed by atoms with Crippen molar-refractivity contribution < 1.29 is 14.4 Å². The second-order valence-corrected chi connectivity index (χ2v) is 8.32. The van der Waals surface area contributed by atoms with Gasteiger partial charge < -0.3 is 19.4 Å². The Morgan fingerprint density at radius 2 is 1.93 bits per heavy atom. The summed E-state index contributed by atoms with van der Waals surface area (Å²) in [6.45, 7) is 2.01. The molecule has 30 heavy (non-hydrogen) atoms. The van der Waals surface area contributed by atoms with Gasteiger partial charge in [0.05, 0.1) is 5.69 Å². The van der Waals surface area contributed by atoms with Crippen molar-refractivity contribution in [1.29, 1.82) is 0 Å². The molecule has 4 rings (SSSR count). The number of pyridine rings is 1. The third kappa shape index (κ3) is 4.31. The summed E-state index contributed by atoms with van der Waals surface area (Å²) in [7, 11) is 4.10. The zero-order chi connectivity index (χ0) is 21.1. The standard InChI is InChI=1S/C23H28N4O3/c1-26(2)15-20-18(17-7-11-24-12-8-17)4-5-19-21(25-30-22(19)20)6-3-16-9-13-27(14-10-16)23(28)29/h4-5,7-8,11-12,16H,3,6,9-10,13-15H2,1-2H3,(H,28,29). The number of benzene rings is 1. The van der Waals surface area contributed by atoms with Gasteiger partial charge >= 0.3 is 6.09 Å². The molecule has 2 aromatic heterocycles. The highest BCUT2D eigenvalue weighted by Crippen LogP contribution is 2.33. The zero-order valence-corrected chi connectivity index (χ0v) is 17.5. The van der Waals surface area contributed by atoms with E-state index in [-0.39, 0.29) is 0 Å². The van der Waals surface area contributed by atoms with Crippen LogP contribution in [-0.2, 0) is 13.0 Å². The highest BCUT2D eigenvalue weighted by atomic mass is 16.5. The molecule has 1 saturated heterocycles. The van der Waals surface area contributed by atoms with Gasteiger partial charge in [-0.2, -0.15) is 0 Å². The maximum absolute atomic E-state index is 11.1. The van der Waals surface area contributed by atoms with E-state index in [2.05, 4.69) is 41.3 Å². The minimum atomic E-state index is -0.811. The van der Waals surface area contributed by atoms with Crippen LogP contribution in [0.2, 0.25) is 0 Å². The molecule has 0 spiro atoms.